The Labute approximate surface area is 114 Å². The van der Waals surface area contributed by atoms with E-state index in [9.17, 15) is 4.79 Å². The van der Waals surface area contributed by atoms with E-state index in [0.717, 1.165) is 32.7 Å². The summed E-state index contributed by atoms with van der Waals surface area (Å²) in [6, 6.07) is 7.57. The molecule has 5 heteroatoms. The van der Waals surface area contributed by atoms with Crippen LogP contribution in [0.5, 0.6) is 0 Å². The molecule has 1 aliphatic heterocycles. The van der Waals surface area contributed by atoms with Gasteiger partial charge in [0, 0.05) is 25.2 Å². The Morgan fingerprint density at radius 2 is 1.94 bits per heavy atom. The van der Waals surface area contributed by atoms with Crippen LogP contribution in [0.25, 0.3) is 0 Å². The van der Waals surface area contributed by atoms with Crippen LogP contribution in [-0.4, -0.2) is 37.0 Å². The fourth-order valence-corrected chi connectivity index (χ4v) is 2.09. The number of hydrogen-bond donors (Lipinski definition) is 2. The molecule has 0 spiro atoms. The average Bonchev–Trinajstić information content (AvgIpc) is 2.58. The molecule has 1 amide bonds. The van der Waals surface area contributed by atoms with Gasteiger partial charge in [-0.25, -0.2) is 0 Å². The van der Waals surface area contributed by atoms with Crippen LogP contribution in [0.1, 0.15) is 22.3 Å². The summed E-state index contributed by atoms with van der Waals surface area (Å²) in [7, 11) is 0. The molecule has 4 nitrogen and oxygen atoms in total. The molecule has 0 saturated carbocycles. The van der Waals surface area contributed by atoms with Gasteiger partial charge in [-0.3, -0.25) is 9.69 Å². The summed E-state index contributed by atoms with van der Waals surface area (Å²) >= 11 is 0. The number of halogens is 1. The number of rotatable bonds is 3. The first kappa shape index (κ1) is 15.0. The van der Waals surface area contributed by atoms with Crippen molar-refractivity contribution in [2.45, 2.75) is 13.0 Å². The van der Waals surface area contributed by atoms with Gasteiger partial charge in [-0.1, -0.05) is 12.1 Å². The second kappa shape index (κ2) is 7.36. The maximum atomic E-state index is 11.0. The van der Waals surface area contributed by atoms with Crippen LogP contribution in [0.4, 0.5) is 0 Å². The number of nitrogens with zero attached hydrogens (tertiary/aromatic N) is 1. The third-order valence-corrected chi connectivity index (χ3v) is 3.08. The highest BCUT2D eigenvalue weighted by molar-refractivity contribution is 5.92. The van der Waals surface area contributed by atoms with Gasteiger partial charge in [-0.15, -0.1) is 12.4 Å². The molecule has 0 atom stereocenters. The first-order valence-electron chi connectivity index (χ1n) is 6.07. The number of benzene rings is 1. The minimum atomic E-state index is -0.365. The molecule has 1 fully saturated rings. The molecule has 0 bridgehead atoms. The standard InChI is InChI=1S/C13H19N3O.ClH/c14-13(17)12-4-2-11(3-5-12)10-16-8-1-6-15-7-9-16;/h2-5,15H,1,6-10H2,(H2,14,17);1H. The Bertz CT molecular complexity index is 372. The highest BCUT2D eigenvalue weighted by atomic mass is 35.5. The summed E-state index contributed by atoms with van der Waals surface area (Å²) < 4.78 is 0. The lowest BCUT2D eigenvalue weighted by Crippen LogP contribution is -2.27. The molecular formula is C13H20ClN3O. The Kier molecular flexibility index (Phi) is 6.12. The highest BCUT2D eigenvalue weighted by Crippen LogP contribution is 2.08. The van der Waals surface area contributed by atoms with E-state index in [-0.39, 0.29) is 18.3 Å². The van der Waals surface area contributed by atoms with Crippen LogP contribution in [0.3, 0.4) is 0 Å². The van der Waals surface area contributed by atoms with E-state index in [1.54, 1.807) is 12.1 Å². The van der Waals surface area contributed by atoms with Gasteiger partial charge < -0.3 is 11.1 Å². The monoisotopic (exact) mass is 269 g/mol. The predicted octanol–water partition coefficient (Wildman–Crippen LogP) is 1.00. The number of amides is 1. The molecule has 2 rings (SSSR count). The van der Waals surface area contributed by atoms with E-state index in [4.69, 9.17) is 5.73 Å². The van der Waals surface area contributed by atoms with E-state index < -0.39 is 0 Å². The Balaban J connectivity index is 0.00000162. The van der Waals surface area contributed by atoms with Crippen molar-refractivity contribution >= 4 is 18.3 Å². The lowest BCUT2D eigenvalue weighted by atomic mass is 10.1. The van der Waals surface area contributed by atoms with Crippen LogP contribution in [0, 0.1) is 0 Å². The molecule has 1 aromatic carbocycles. The number of hydrogen-bond acceptors (Lipinski definition) is 3. The zero-order valence-electron chi connectivity index (χ0n) is 10.4. The van der Waals surface area contributed by atoms with E-state index in [0.29, 0.717) is 5.56 Å². The molecule has 0 radical (unpaired) electrons. The highest BCUT2D eigenvalue weighted by Gasteiger charge is 2.09. The molecule has 18 heavy (non-hydrogen) atoms. The third kappa shape index (κ3) is 4.29. The van der Waals surface area contributed by atoms with Crippen molar-refractivity contribution in [3.05, 3.63) is 35.4 Å². The van der Waals surface area contributed by atoms with Crippen LogP contribution in [0.2, 0.25) is 0 Å². The molecular weight excluding hydrogens is 250 g/mol. The minimum Gasteiger partial charge on any atom is -0.366 e. The number of nitrogens with one attached hydrogen (secondary N) is 1. The maximum Gasteiger partial charge on any atom is 0.248 e. The smallest absolute Gasteiger partial charge is 0.248 e. The SMILES string of the molecule is Cl.NC(=O)c1ccc(CN2CCCNCC2)cc1. The van der Waals surface area contributed by atoms with E-state index in [1.807, 2.05) is 12.1 Å². The van der Waals surface area contributed by atoms with Crippen LogP contribution in [-0.2, 0) is 6.54 Å². The molecule has 1 heterocycles. The van der Waals surface area contributed by atoms with Gasteiger partial charge in [0.25, 0.3) is 0 Å². The van der Waals surface area contributed by atoms with Crippen molar-refractivity contribution in [2.75, 3.05) is 26.2 Å². The first-order valence-corrected chi connectivity index (χ1v) is 6.07. The average molecular weight is 270 g/mol. The molecule has 0 aliphatic carbocycles. The number of carbonyl (C=O) groups excluding carboxylic acids is 1. The molecule has 1 aliphatic rings. The van der Waals surface area contributed by atoms with Crippen molar-refractivity contribution in [1.29, 1.82) is 0 Å². The van der Waals surface area contributed by atoms with Crippen molar-refractivity contribution in [3.63, 3.8) is 0 Å². The Hall–Kier alpha value is -1.10. The van der Waals surface area contributed by atoms with Crippen LogP contribution >= 0.6 is 12.4 Å². The third-order valence-electron chi connectivity index (χ3n) is 3.08. The Morgan fingerprint density at radius 1 is 1.22 bits per heavy atom. The number of primary amides is 1. The predicted molar refractivity (Wildman–Crippen MR) is 75.0 cm³/mol. The van der Waals surface area contributed by atoms with Crippen molar-refractivity contribution < 1.29 is 4.79 Å². The second-order valence-corrected chi connectivity index (χ2v) is 4.44. The van der Waals surface area contributed by atoms with Gasteiger partial charge in [0.15, 0.2) is 0 Å². The summed E-state index contributed by atoms with van der Waals surface area (Å²) in [4.78, 5) is 13.4. The quantitative estimate of drug-likeness (QED) is 0.861. The molecule has 1 saturated heterocycles. The topological polar surface area (TPSA) is 58.4 Å². The molecule has 3 N–H and O–H groups in total. The molecule has 1 aromatic rings. The normalized spacial score (nSPS) is 16.7. The zero-order chi connectivity index (χ0) is 12.1. The second-order valence-electron chi connectivity index (χ2n) is 4.44. The minimum absolute atomic E-state index is 0. The van der Waals surface area contributed by atoms with Gasteiger partial charge in [0.2, 0.25) is 5.91 Å². The van der Waals surface area contributed by atoms with E-state index in [1.165, 1.54) is 12.0 Å². The summed E-state index contributed by atoms with van der Waals surface area (Å²) in [6.07, 6.45) is 1.19. The molecule has 0 aromatic heterocycles. The van der Waals surface area contributed by atoms with Gasteiger partial charge in [-0.05, 0) is 37.2 Å². The lowest BCUT2D eigenvalue weighted by molar-refractivity contribution is 0.100. The van der Waals surface area contributed by atoms with Crippen LogP contribution < -0.4 is 11.1 Å². The molecule has 0 unspecified atom stereocenters. The molecule has 100 valence electrons. The van der Waals surface area contributed by atoms with E-state index in [2.05, 4.69) is 10.2 Å². The summed E-state index contributed by atoms with van der Waals surface area (Å²) in [5.41, 5.74) is 7.02. The largest absolute Gasteiger partial charge is 0.366 e. The van der Waals surface area contributed by atoms with E-state index >= 15 is 0 Å². The zero-order valence-corrected chi connectivity index (χ0v) is 11.2. The van der Waals surface area contributed by atoms with Crippen molar-refractivity contribution in [2.24, 2.45) is 5.73 Å². The van der Waals surface area contributed by atoms with Crippen LogP contribution in [0.15, 0.2) is 24.3 Å². The maximum absolute atomic E-state index is 11.0. The van der Waals surface area contributed by atoms with Gasteiger partial charge in [0.05, 0.1) is 0 Å². The lowest BCUT2D eigenvalue weighted by Gasteiger charge is -2.19. The number of carbonyl (C=O) groups is 1. The fraction of sp³-hybridized carbons (Fsp3) is 0.462. The summed E-state index contributed by atoms with van der Waals surface area (Å²) in [5.74, 6) is -0.365. The number of nitrogens with two attached hydrogens (primary N) is 1. The Morgan fingerprint density at radius 3 is 2.61 bits per heavy atom. The van der Waals surface area contributed by atoms with Gasteiger partial charge in [0.1, 0.15) is 0 Å². The van der Waals surface area contributed by atoms with Crippen molar-refractivity contribution in [3.8, 4) is 0 Å². The van der Waals surface area contributed by atoms with Crippen molar-refractivity contribution in [1.82, 2.24) is 10.2 Å². The summed E-state index contributed by atoms with van der Waals surface area (Å²) in [6.45, 7) is 5.32. The summed E-state index contributed by atoms with van der Waals surface area (Å²) in [5, 5.41) is 3.38. The first-order chi connectivity index (χ1) is 8.25. The van der Waals surface area contributed by atoms with Gasteiger partial charge in [-0.2, -0.15) is 0 Å². The fourth-order valence-electron chi connectivity index (χ4n) is 2.09. The van der Waals surface area contributed by atoms with Gasteiger partial charge >= 0.3 is 0 Å².